The molecule has 0 aliphatic carbocycles. The zero-order valence-corrected chi connectivity index (χ0v) is 18.9. The van der Waals surface area contributed by atoms with Gasteiger partial charge in [-0.1, -0.05) is 0 Å². The smallest absolute Gasteiger partial charge is 0.0716 e. The average Bonchev–Trinajstić information content (AvgIpc) is 3.35. The average molecular weight is 411 g/mol. The van der Waals surface area contributed by atoms with E-state index in [9.17, 15) is 5.11 Å². The van der Waals surface area contributed by atoms with Crippen molar-refractivity contribution in [2.75, 3.05) is 46.5 Å². The van der Waals surface area contributed by atoms with E-state index in [1.165, 1.54) is 19.4 Å². The van der Waals surface area contributed by atoms with Crippen LogP contribution in [0.15, 0.2) is 0 Å². The Morgan fingerprint density at radius 2 is 1.76 bits per heavy atom. The minimum absolute atomic E-state index is 0.0339. The first kappa shape index (κ1) is 22.0. The number of rotatable bonds is 9. The molecule has 168 valence electrons. The van der Waals surface area contributed by atoms with Gasteiger partial charge in [-0.15, -0.1) is 0 Å². The van der Waals surface area contributed by atoms with E-state index in [0.29, 0.717) is 12.0 Å². The van der Waals surface area contributed by atoms with Gasteiger partial charge in [-0.3, -0.25) is 9.80 Å². The van der Waals surface area contributed by atoms with Crippen LogP contribution >= 0.6 is 0 Å². The van der Waals surface area contributed by atoms with Gasteiger partial charge >= 0.3 is 0 Å². The Kier molecular flexibility index (Phi) is 6.60. The van der Waals surface area contributed by atoms with E-state index in [1.54, 1.807) is 0 Å². The molecule has 6 nitrogen and oxygen atoms in total. The van der Waals surface area contributed by atoms with Crippen molar-refractivity contribution >= 4 is 0 Å². The van der Waals surface area contributed by atoms with Crippen molar-refractivity contribution in [2.24, 2.45) is 5.92 Å². The molecule has 4 aliphatic rings. The molecular formula is C23H42N2O4. The maximum atomic E-state index is 10.2. The van der Waals surface area contributed by atoms with Crippen LogP contribution in [0.5, 0.6) is 0 Å². The second-order valence-electron chi connectivity index (χ2n) is 10.6. The van der Waals surface area contributed by atoms with E-state index in [-0.39, 0.29) is 29.4 Å². The molecule has 0 saturated carbocycles. The molecule has 4 saturated heterocycles. The van der Waals surface area contributed by atoms with Gasteiger partial charge in [0.15, 0.2) is 0 Å². The van der Waals surface area contributed by atoms with Crippen LogP contribution in [0.1, 0.15) is 59.3 Å². The lowest BCUT2D eigenvalue weighted by Gasteiger charge is -2.33. The SMILES string of the molecule is CO[C@H]1CN2CCC[C@@]2(COC(C)CC2CN3C[C@H](O)C[C@@]3(COC(C)C)C2)C1. The predicted molar refractivity (Wildman–Crippen MR) is 113 cm³/mol. The molecule has 4 heterocycles. The Morgan fingerprint density at radius 1 is 0.966 bits per heavy atom. The van der Waals surface area contributed by atoms with Crippen LogP contribution in [0.25, 0.3) is 0 Å². The maximum Gasteiger partial charge on any atom is 0.0716 e. The number of hydrogen-bond acceptors (Lipinski definition) is 6. The van der Waals surface area contributed by atoms with Gasteiger partial charge in [-0.2, -0.15) is 0 Å². The summed E-state index contributed by atoms with van der Waals surface area (Å²) in [5, 5.41) is 10.2. The Balaban J connectivity index is 1.29. The molecule has 0 amide bonds. The van der Waals surface area contributed by atoms with Crippen molar-refractivity contribution < 1.29 is 19.3 Å². The summed E-state index contributed by atoms with van der Waals surface area (Å²) in [6.45, 7) is 12.1. The lowest BCUT2D eigenvalue weighted by molar-refractivity contribution is -0.0156. The number of fused-ring (bicyclic) bond motifs is 2. The van der Waals surface area contributed by atoms with Crippen LogP contribution in [-0.4, -0.2) is 96.9 Å². The van der Waals surface area contributed by atoms with Gasteiger partial charge in [0.2, 0.25) is 0 Å². The number of aliphatic hydroxyl groups excluding tert-OH is 1. The molecule has 0 aromatic carbocycles. The fourth-order valence-electron chi connectivity index (χ4n) is 6.62. The number of methoxy groups -OCH3 is 1. The van der Waals surface area contributed by atoms with E-state index in [4.69, 9.17) is 14.2 Å². The number of hydrogen-bond donors (Lipinski definition) is 1. The summed E-state index contributed by atoms with van der Waals surface area (Å²) in [7, 11) is 1.84. The standard InChI is InChI=1S/C23H42N2O4/c1-17(2)28-16-23-9-19(12-25(23)13-20(26)10-23)8-18(3)29-15-22-6-5-7-24(22)14-21(11-22)27-4/h17-21,26H,5-16H2,1-4H3/t18?,19?,20-,21-,22+,23-/m1/s1. The van der Waals surface area contributed by atoms with Crippen molar-refractivity contribution in [3.8, 4) is 0 Å². The van der Waals surface area contributed by atoms with E-state index >= 15 is 0 Å². The van der Waals surface area contributed by atoms with Crippen LogP contribution in [0.2, 0.25) is 0 Å². The fraction of sp³-hybridized carbons (Fsp3) is 1.00. The van der Waals surface area contributed by atoms with Crippen LogP contribution in [0.3, 0.4) is 0 Å². The second-order valence-corrected chi connectivity index (χ2v) is 10.6. The zero-order chi connectivity index (χ0) is 20.6. The molecule has 4 aliphatic heterocycles. The molecule has 0 spiro atoms. The van der Waals surface area contributed by atoms with Crippen LogP contribution in [0, 0.1) is 5.92 Å². The van der Waals surface area contributed by atoms with Gasteiger partial charge in [0.1, 0.15) is 0 Å². The minimum Gasteiger partial charge on any atom is -0.392 e. The van der Waals surface area contributed by atoms with Crippen molar-refractivity contribution in [3.05, 3.63) is 0 Å². The third-order valence-electron chi connectivity index (χ3n) is 7.96. The van der Waals surface area contributed by atoms with Crippen LogP contribution < -0.4 is 0 Å². The van der Waals surface area contributed by atoms with Gasteiger partial charge in [0.25, 0.3) is 0 Å². The molecule has 0 aromatic rings. The molecule has 0 radical (unpaired) electrons. The Morgan fingerprint density at radius 3 is 2.52 bits per heavy atom. The summed E-state index contributed by atoms with van der Waals surface area (Å²) in [5.74, 6) is 0.626. The molecule has 4 rings (SSSR count). The molecule has 6 atom stereocenters. The largest absolute Gasteiger partial charge is 0.392 e. The predicted octanol–water partition coefficient (Wildman–Crippen LogP) is 2.29. The Labute approximate surface area is 176 Å². The van der Waals surface area contributed by atoms with Gasteiger partial charge < -0.3 is 19.3 Å². The quantitative estimate of drug-likeness (QED) is 0.629. The second kappa shape index (κ2) is 8.71. The number of β-amino-alcohol motifs (C(OH)–C–C–N with tert-alkyl or cyclic N) is 1. The summed E-state index contributed by atoms with van der Waals surface area (Å²) in [6.07, 6.45) is 7.37. The van der Waals surface area contributed by atoms with E-state index in [1.807, 2.05) is 7.11 Å². The summed E-state index contributed by atoms with van der Waals surface area (Å²) in [5.41, 5.74) is 0.243. The molecule has 0 bridgehead atoms. The van der Waals surface area contributed by atoms with E-state index < -0.39 is 0 Å². The van der Waals surface area contributed by atoms with Crippen LogP contribution in [0.4, 0.5) is 0 Å². The van der Waals surface area contributed by atoms with E-state index in [2.05, 4.69) is 30.6 Å². The summed E-state index contributed by atoms with van der Waals surface area (Å²) < 4.78 is 18.1. The molecule has 1 N–H and O–H groups in total. The molecule has 2 unspecified atom stereocenters. The first-order valence-corrected chi connectivity index (χ1v) is 11.8. The van der Waals surface area contributed by atoms with Gasteiger partial charge in [-0.05, 0) is 71.8 Å². The van der Waals surface area contributed by atoms with Crippen molar-refractivity contribution in [3.63, 3.8) is 0 Å². The summed E-state index contributed by atoms with van der Waals surface area (Å²) in [6, 6.07) is 0. The summed E-state index contributed by atoms with van der Waals surface area (Å²) >= 11 is 0. The van der Waals surface area contributed by atoms with Gasteiger partial charge in [-0.25, -0.2) is 0 Å². The maximum absolute atomic E-state index is 10.2. The molecule has 4 fully saturated rings. The van der Waals surface area contributed by atoms with Gasteiger partial charge in [0, 0.05) is 37.8 Å². The summed E-state index contributed by atoms with van der Waals surface area (Å²) in [4.78, 5) is 5.11. The fourth-order valence-corrected chi connectivity index (χ4v) is 6.62. The highest BCUT2D eigenvalue weighted by atomic mass is 16.5. The molecule has 6 heteroatoms. The minimum atomic E-state index is -0.205. The molecule has 0 aromatic heterocycles. The molecule has 29 heavy (non-hydrogen) atoms. The van der Waals surface area contributed by atoms with Crippen molar-refractivity contribution in [1.82, 2.24) is 9.80 Å². The highest BCUT2D eigenvalue weighted by molar-refractivity contribution is 5.07. The highest BCUT2D eigenvalue weighted by Gasteiger charge is 2.52. The highest BCUT2D eigenvalue weighted by Crippen LogP contribution is 2.44. The molecular weight excluding hydrogens is 368 g/mol. The third-order valence-corrected chi connectivity index (χ3v) is 7.96. The number of nitrogens with zero attached hydrogens (tertiary/aromatic N) is 2. The third kappa shape index (κ3) is 4.53. The van der Waals surface area contributed by atoms with Crippen LogP contribution in [-0.2, 0) is 14.2 Å². The topological polar surface area (TPSA) is 54.4 Å². The van der Waals surface area contributed by atoms with E-state index in [0.717, 1.165) is 58.5 Å². The monoisotopic (exact) mass is 410 g/mol. The number of aliphatic hydroxyl groups is 1. The Hall–Kier alpha value is -0.240. The van der Waals surface area contributed by atoms with Crippen molar-refractivity contribution in [2.45, 2.75) is 94.8 Å². The Bertz CT molecular complexity index is 561. The van der Waals surface area contributed by atoms with Crippen molar-refractivity contribution in [1.29, 1.82) is 0 Å². The van der Waals surface area contributed by atoms with Gasteiger partial charge in [0.05, 0.1) is 37.6 Å². The normalized spacial score (nSPS) is 41.4. The first-order chi connectivity index (χ1) is 13.8. The lowest BCUT2D eigenvalue weighted by atomic mass is 9.87. The number of ether oxygens (including phenoxy) is 3. The zero-order valence-electron chi connectivity index (χ0n) is 18.9. The first-order valence-electron chi connectivity index (χ1n) is 11.8. The lowest BCUT2D eigenvalue weighted by Crippen LogP contribution is -2.43.